The summed E-state index contributed by atoms with van der Waals surface area (Å²) in [6.45, 7) is 11.1. The Bertz CT molecular complexity index is 427. The highest BCUT2D eigenvalue weighted by atomic mass is 16.2. The zero-order valence-electron chi connectivity index (χ0n) is 12.1. The summed E-state index contributed by atoms with van der Waals surface area (Å²) in [5.74, 6) is 0.0306. The summed E-state index contributed by atoms with van der Waals surface area (Å²) in [6, 6.07) is 4.25. The van der Waals surface area contributed by atoms with E-state index >= 15 is 0 Å². The van der Waals surface area contributed by atoms with Gasteiger partial charge in [0.15, 0.2) is 0 Å². The van der Waals surface area contributed by atoms with E-state index in [1.165, 1.54) is 16.7 Å². The number of rotatable bonds is 4. The first-order valence-corrected chi connectivity index (χ1v) is 6.37. The molecule has 3 nitrogen and oxygen atoms in total. The van der Waals surface area contributed by atoms with Crippen LogP contribution in [-0.2, 0) is 10.2 Å². The van der Waals surface area contributed by atoms with Crippen LogP contribution in [0.15, 0.2) is 12.1 Å². The van der Waals surface area contributed by atoms with E-state index < -0.39 is 5.41 Å². The third kappa shape index (κ3) is 2.91. The topological polar surface area (TPSA) is 55.1 Å². The van der Waals surface area contributed by atoms with Crippen LogP contribution in [0.5, 0.6) is 0 Å². The average Bonchev–Trinajstić information content (AvgIpc) is 2.23. The Morgan fingerprint density at radius 2 is 1.72 bits per heavy atom. The molecular formula is C15H24N2O. The maximum Gasteiger partial charge on any atom is 0.230 e. The Kier molecular flexibility index (Phi) is 4.52. The molecule has 0 unspecified atom stereocenters. The second-order valence-electron chi connectivity index (χ2n) is 5.44. The molecule has 0 saturated carbocycles. The van der Waals surface area contributed by atoms with Gasteiger partial charge in [0.1, 0.15) is 0 Å². The van der Waals surface area contributed by atoms with Gasteiger partial charge in [0.05, 0.1) is 5.41 Å². The predicted molar refractivity (Wildman–Crippen MR) is 75.7 cm³/mol. The van der Waals surface area contributed by atoms with E-state index in [9.17, 15) is 4.79 Å². The molecule has 3 heteroatoms. The number of carbonyl (C=O) groups is 1. The fraction of sp³-hybridized carbons (Fsp3) is 0.533. The molecular weight excluding hydrogens is 224 g/mol. The van der Waals surface area contributed by atoms with Gasteiger partial charge in [-0.15, -0.1) is 0 Å². The normalized spacial score (nSPS) is 11.4. The molecule has 18 heavy (non-hydrogen) atoms. The lowest BCUT2D eigenvalue weighted by atomic mass is 9.78. The van der Waals surface area contributed by atoms with E-state index in [2.05, 4.69) is 38.2 Å². The van der Waals surface area contributed by atoms with Gasteiger partial charge >= 0.3 is 0 Å². The number of amides is 1. The molecule has 0 heterocycles. The van der Waals surface area contributed by atoms with Gasteiger partial charge in [-0.3, -0.25) is 4.79 Å². The Labute approximate surface area is 110 Å². The summed E-state index contributed by atoms with van der Waals surface area (Å²) in [7, 11) is 0. The van der Waals surface area contributed by atoms with Crippen LogP contribution in [0.25, 0.3) is 0 Å². The van der Waals surface area contributed by atoms with Gasteiger partial charge in [-0.1, -0.05) is 17.7 Å². The minimum atomic E-state index is -0.531. The monoisotopic (exact) mass is 248 g/mol. The zero-order valence-corrected chi connectivity index (χ0v) is 12.1. The molecule has 1 aromatic carbocycles. The molecule has 3 N–H and O–H groups in total. The Balaban J connectivity index is 3.15. The van der Waals surface area contributed by atoms with Crippen LogP contribution < -0.4 is 11.1 Å². The van der Waals surface area contributed by atoms with Gasteiger partial charge in [0.25, 0.3) is 0 Å². The summed E-state index contributed by atoms with van der Waals surface area (Å²) >= 11 is 0. The van der Waals surface area contributed by atoms with Crippen LogP contribution in [0.4, 0.5) is 0 Å². The summed E-state index contributed by atoms with van der Waals surface area (Å²) in [6.07, 6.45) is 0. The minimum absolute atomic E-state index is 0.0306. The molecule has 0 aromatic heterocycles. The third-order valence-electron chi connectivity index (χ3n) is 3.30. The van der Waals surface area contributed by atoms with E-state index in [1.807, 2.05) is 13.8 Å². The van der Waals surface area contributed by atoms with Crippen LogP contribution in [-0.4, -0.2) is 19.0 Å². The second-order valence-corrected chi connectivity index (χ2v) is 5.44. The first-order chi connectivity index (χ1) is 8.30. The van der Waals surface area contributed by atoms with Crippen LogP contribution in [0, 0.1) is 20.8 Å². The maximum atomic E-state index is 12.2. The average molecular weight is 248 g/mol. The largest absolute Gasteiger partial charge is 0.354 e. The quantitative estimate of drug-likeness (QED) is 0.856. The van der Waals surface area contributed by atoms with E-state index in [4.69, 9.17) is 5.73 Å². The molecule has 0 saturated heterocycles. The smallest absolute Gasteiger partial charge is 0.230 e. The molecule has 0 atom stereocenters. The van der Waals surface area contributed by atoms with Crippen molar-refractivity contribution in [3.8, 4) is 0 Å². The molecule has 100 valence electrons. The molecule has 0 bridgehead atoms. The standard InChI is InChI=1S/C15H24N2O/c1-10-8-11(2)13(12(3)9-10)15(4,5)14(18)17-7-6-16/h8-9H,6-7,16H2,1-5H3,(H,17,18). The van der Waals surface area contributed by atoms with E-state index in [0.717, 1.165) is 5.56 Å². The molecule has 0 spiro atoms. The Morgan fingerprint density at radius 3 is 2.17 bits per heavy atom. The van der Waals surface area contributed by atoms with Crippen molar-refractivity contribution in [2.24, 2.45) is 5.73 Å². The van der Waals surface area contributed by atoms with Gasteiger partial charge < -0.3 is 11.1 Å². The molecule has 1 amide bonds. The van der Waals surface area contributed by atoms with E-state index in [0.29, 0.717) is 13.1 Å². The molecule has 0 radical (unpaired) electrons. The van der Waals surface area contributed by atoms with Gasteiger partial charge in [0, 0.05) is 13.1 Å². The Hall–Kier alpha value is -1.35. The number of hydrogen-bond donors (Lipinski definition) is 2. The van der Waals surface area contributed by atoms with Crippen LogP contribution in [0.1, 0.15) is 36.1 Å². The van der Waals surface area contributed by atoms with Crippen molar-refractivity contribution in [1.82, 2.24) is 5.32 Å². The fourth-order valence-electron chi connectivity index (χ4n) is 2.69. The lowest BCUT2D eigenvalue weighted by Crippen LogP contribution is -2.42. The first kappa shape index (κ1) is 14.7. The number of nitrogens with one attached hydrogen (secondary N) is 1. The number of nitrogens with two attached hydrogens (primary N) is 1. The molecule has 0 aliphatic rings. The summed E-state index contributed by atoms with van der Waals surface area (Å²) in [5.41, 5.74) is 9.57. The van der Waals surface area contributed by atoms with Crippen LogP contribution >= 0.6 is 0 Å². The van der Waals surface area contributed by atoms with E-state index in [1.54, 1.807) is 0 Å². The maximum absolute atomic E-state index is 12.2. The van der Waals surface area contributed by atoms with Crippen molar-refractivity contribution in [3.05, 3.63) is 34.4 Å². The molecule has 0 aliphatic heterocycles. The summed E-state index contributed by atoms with van der Waals surface area (Å²) in [5, 5.41) is 2.88. The third-order valence-corrected chi connectivity index (χ3v) is 3.30. The summed E-state index contributed by atoms with van der Waals surface area (Å²) in [4.78, 5) is 12.2. The zero-order chi connectivity index (χ0) is 13.9. The summed E-state index contributed by atoms with van der Waals surface area (Å²) < 4.78 is 0. The number of carbonyl (C=O) groups excluding carboxylic acids is 1. The van der Waals surface area contributed by atoms with Crippen LogP contribution in [0.3, 0.4) is 0 Å². The first-order valence-electron chi connectivity index (χ1n) is 6.37. The van der Waals surface area contributed by atoms with Crippen molar-refractivity contribution >= 4 is 5.91 Å². The Morgan fingerprint density at radius 1 is 1.22 bits per heavy atom. The van der Waals surface area contributed by atoms with E-state index in [-0.39, 0.29) is 5.91 Å². The highest BCUT2D eigenvalue weighted by Gasteiger charge is 2.32. The number of hydrogen-bond acceptors (Lipinski definition) is 2. The highest BCUT2D eigenvalue weighted by Crippen LogP contribution is 2.30. The number of benzene rings is 1. The van der Waals surface area contributed by atoms with Gasteiger partial charge in [-0.2, -0.15) is 0 Å². The lowest BCUT2D eigenvalue weighted by molar-refractivity contribution is -0.125. The number of aryl methyl sites for hydroxylation is 3. The van der Waals surface area contributed by atoms with Crippen molar-refractivity contribution in [1.29, 1.82) is 0 Å². The van der Waals surface area contributed by atoms with Gasteiger partial charge in [-0.25, -0.2) is 0 Å². The van der Waals surface area contributed by atoms with Crippen molar-refractivity contribution < 1.29 is 4.79 Å². The predicted octanol–water partition coefficient (Wildman–Crippen LogP) is 1.96. The second kappa shape index (κ2) is 5.53. The molecule has 1 aromatic rings. The molecule has 0 aliphatic carbocycles. The van der Waals surface area contributed by atoms with Gasteiger partial charge in [0.2, 0.25) is 5.91 Å². The van der Waals surface area contributed by atoms with Crippen molar-refractivity contribution in [3.63, 3.8) is 0 Å². The molecule has 1 rings (SSSR count). The van der Waals surface area contributed by atoms with Crippen molar-refractivity contribution in [2.45, 2.75) is 40.0 Å². The SMILES string of the molecule is Cc1cc(C)c(C(C)(C)C(=O)NCCN)c(C)c1. The lowest BCUT2D eigenvalue weighted by Gasteiger charge is -2.28. The highest BCUT2D eigenvalue weighted by molar-refractivity contribution is 5.88. The fourth-order valence-corrected chi connectivity index (χ4v) is 2.69. The minimum Gasteiger partial charge on any atom is -0.354 e. The van der Waals surface area contributed by atoms with Crippen LogP contribution in [0.2, 0.25) is 0 Å². The van der Waals surface area contributed by atoms with Gasteiger partial charge in [-0.05, 0) is 51.3 Å². The molecule has 0 fully saturated rings. The van der Waals surface area contributed by atoms with Crippen molar-refractivity contribution in [2.75, 3.05) is 13.1 Å².